The summed E-state index contributed by atoms with van der Waals surface area (Å²) >= 11 is 3.48. The van der Waals surface area contributed by atoms with Crippen LogP contribution in [0.2, 0.25) is 0 Å². The molecule has 2 aliphatic heterocycles. The maximum atomic E-state index is 12.5. The van der Waals surface area contributed by atoms with Crippen LogP contribution >= 0.6 is 15.9 Å². The number of halogens is 1. The van der Waals surface area contributed by atoms with Gasteiger partial charge in [0.1, 0.15) is 6.23 Å². The van der Waals surface area contributed by atoms with Gasteiger partial charge in [0, 0.05) is 16.8 Å². The predicted octanol–water partition coefficient (Wildman–Crippen LogP) is 4.25. The average molecular weight is 372 g/mol. The van der Waals surface area contributed by atoms with Crippen LogP contribution in [0.5, 0.6) is 0 Å². The Morgan fingerprint density at radius 3 is 2.48 bits per heavy atom. The number of rotatable bonds is 2. The SMILES string of the molecule is O=C1CCC(c2ccc(Br)cc2)[C@@H]2OC[C@H](c3ccccc3)N12. The molecule has 3 nitrogen and oxygen atoms in total. The summed E-state index contributed by atoms with van der Waals surface area (Å²) in [6, 6.07) is 18.6. The van der Waals surface area contributed by atoms with Gasteiger partial charge in [0.05, 0.1) is 12.6 Å². The molecule has 23 heavy (non-hydrogen) atoms. The van der Waals surface area contributed by atoms with Crippen LogP contribution in [0, 0.1) is 0 Å². The molecule has 0 N–H and O–H groups in total. The van der Waals surface area contributed by atoms with E-state index in [1.54, 1.807) is 0 Å². The van der Waals surface area contributed by atoms with Gasteiger partial charge in [-0.2, -0.15) is 0 Å². The molecule has 0 saturated carbocycles. The molecule has 2 aromatic rings. The fraction of sp³-hybridized carbons (Fsp3) is 0.316. The van der Waals surface area contributed by atoms with E-state index in [4.69, 9.17) is 4.74 Å². The first-order valence-corrected chi connectivity index (χ1v) is 8.76. The lowest BCUT2D eigenvalue weighted by atomic mass is 9.88. The van der Waals surface area contributed by atoms with Crippen molar-refractivity contribution in [2.45, 2.75) is 31.0 Å². The summed E-state index contributed by atoms with van der Waals surface area (Å²) in [6.07, 6.45) is 1.29. The van der Waals surface area contributed by atoms with Crippen LogP contribution in [0.15, 0.2) is 59.1 Å². The van der Waals surface area contributed by atoms with Crippen molar-refractivity contribution in [3.05, 3.63) is 70.2 Å². The Bertz CT molecular complexity index is 701. The Kier molecular flexibility index (Phi) is 3.95. The first-order chi connectivity index (χ1) is 11.2. The lowest BCUT2D eigenvalue weighted by Crippen LogP contribution is -2.45. The normalized spacial score (nSPS) is 27.1. The minimum absolute atomic E-state index is 0.0342. The lowest BCUT2D eigenvalue weighted by Gasteiger charge is -2.38. The van der Waals surface area contributed by atoms with Crippen molar-refractivity contribution in [2.24, 2.45) is 0 Å². The van der Waals surface area contributed by atoms with Crippen LogP contribution in [-0.4, -0.2) is 23.6 Å². The quantitative estimate of drug-likeness (QED) is 0.789. The summed E-state index contributed by atoms with van der Waals surface area (Å²) in [5.74, 6) is 0.448. The van der Waals surface area contributed by atoms with E-state index in [0.29, 0.717) is 13.0 Å². The number of carbonyl (C=O) groups is 1. The van der Waals surface area contributed by atoms with Gasteiger partial charge in [-0.25, -0.2) is 0 Å². The van der Waals surface area contributed by atoms with Crippen molar-refractivity contribution >= 4 is 21.8 Å². The van der Waals surface area contributed by atoms with Gasteiger partial charge in [-0.15, -0.1) is 0 Å². The van der Waals surface area contributed by atoms with E-state index in [2.05, 4.69) is 52.3 Å². The Balaban J connectivity index is 1.65. The molecule has 2 aliphatic rings. The molecule has 0 radical (unpaired) electrons. The molecule has 2 fully saturated rings. The summed E-state index contributed by atoms with van der Waals surface area (Å²) < 4.78 is 7.15. The lowest BCUT2D eigenvalue weighted by molar-refractivity contribution is -0.144. The smallest absolute Gasteiger partial charge is 0.225 e. The zero-order valence-corrected chi connectivity index (χ0v) is 14.3. The topological polar surface area (TPSA) is 29.5 Å². The van der Waals surface area contributed by atoms with Crippen LogP contribution in [-0.2, 0) is 9.53 Å². The molecular weight excluding hydrogens is 354 g/mol. The van der Waals surface area contributed by atoms with Crippen LogP contribution in [0.25, 0.3) is 0 Å². The van der Waals surface area contributed by atoms with Crippen LogP contribution in [0.3, 0.4) is 0 Å². The summed E-state index contributed by atoms with van der Waals surface area (Å²) in [4.78, 5) is 14.5. The summed E-state index contributed by atoms with van der Waals surface area (Å²) in [7, 11) is 0. The number of ether oxygens (including phenoxy) is 1. The van der Waals surface area contributed by atoms with E-state index in [0.717, 1.165) is 16.5 Å². The molecule has 4 rings (SSSR count). The molecule has 3 atom stereocenters. The largest absolute Gasteiger partial charge is 0.355 e. The summed E-state index contributed by atoms with van der Waals surface area (Å²) in [6.45, 7) is 0.577. The van der Waals surface area contributed by atoms with Gasteiger partial charge < -0.3 is 9.64 Å². The Morgan fingerprint density at radius 1 is 1.00 bits per heavy atom. The van der Waals surface area contributed by atoms with Gasteiger partial charge in [0.2, 0.25) is 5.91 Å². The number of carbonyl (C=O) groups excluding carboxylic acids is 1. The molecule has 0 aliphatic carbocycles. The molecule has 4 heteroatoms. The standard InChI is InChI=1S/C19H18BrNO2/c20-15-8-6-13(7-9-15)16-10-11-18(22)21-17(12-23-19(16)21)14-4-2-1-3-5-14/h1-9,16-17,19H,10-12H2/t16?,17-,19+/m1/s1. The van der Waals surface area contributed by atoms with Gasteiger partial charge in [0.25, 0.3) is 0 Å². The fourth-order valence-corrected chi connectivity index (χ4v) is 3.94. The maximum absolute atomic E-state index is 12.5. The number of amides is 1. The van der Waals surface area contributed by atoms with E-state index >= 15 is 0 Å². The number of benzene rings is 2. The summed E-state index contributed by atoms with van der Waals surface area (Å²) in [5.41, 5.74) is 2.39. The predicted molar refractivity (Wildman–Crippen MR) is 91.9 cm³/mol. The molecule has 2 aromatic carbocycles. The second kappa shape index (κ2) is 6.10. The number of nitrogens with zero attached hydrogens (tertiary/aromatic N) is 1. The fourth-order valence-electron chi connectivity index (χ4n) is 3.68. The monoisotopic (exact) mass is 371 g/mol. The van der Waals surface area contributed by atoms with E-state index in [1.165, 1.54) is 5.56 Å². The Hall–Kier alpha value is -1.65. The second-order valence-corrected chi connectivity index (χ2v) is 7.06. The highest BCUT2D eigenvalue weighted by molar-refractivity contribution is 9.10. The third kappa shape index (κ3) is 2.70. The van der Waals surface area contributed by atoms with Crippen LogP contribution < -0.4 is 0 Å². The molecule has 0 spiro atoms. The van der Waals surface area contributed by atoms with E-state index < -0.39 is 0 Å². The first-order valence-electron chi connectivity index (χ1n) is 7.97. The molecule has 1 unspecified atom stereocenters. The van der Waals surface area contributed by atoms with Crippen molar-refractivity contribution < 1.29 is 9.53 Å². The minimum atomic E-state index is -0.150. The molecule has 118 valence electrons. The average Bonchev–Trinajstić information content (AvgIpc) is 3.03. The molecule has 2 saturated heterocycles. The third-order valence-corrected chi connectivity index (χ3v) is 5.35. The van der Waals surface area contributed by atoms with Crippen molar-refractivity contribution in [3.63, 3.8) is 0 Å². The van der Waals surface area contributed by atoms with E-state index in [1.807, 2.05) is 23.1 Å². The first kappa shape index (κ1) is 14.9. The summed E-state index contributed by atoms with van der Waals surface area (Å²) in [5, 5.41) is 0. The van der Waals surface area contributed by atoms with Crippen molar-refractivity contribution in [1.29, 1.82) is 0 Å². The zero-order valence-electron chi connectivity index (χ0n) is 12.7. The van der Waals surface area contributed by atoms with Gasteiger partial charge in [0.15, 0.2) is 0 Å². The Labute approximate surface area is 144 Å². The van der Waals surface area contributed by atoms with Gasteiger partial charge in [-0.3, -0.25) is 4.79 Å². The molecule has 0 aromatic heterocycles. The number of hydrogen-bond acceptors (Lipinski definition) is 2. The zero-order chi connectivity index (χ0) is 15.8. The molecule has 1 amide bonds. The second-order valence-electron chi connectivity index (χ2n) is 6.15. The van der Waals surface area contributed by atoms with Crippen LogP contribution in [0.4, 0.5) is 0 Å². The van der Waals surface area contributed by atoms with Gasteiger partial charge >= 0.3 is 0 Å². The number of hydrogen-bond donors (Lipinski definition) is 0. The minimum Gasteiger partial charge on any atom is -0.355 e. The van der Waals surface area contributed by atoms with E-state index in [-0.39, 0.29) is 24.1 Å². The van der Waals surface area contributed by atoms with Crippen molar-refractivity contribution in [1.82, 2.24) is 4.90 Å². The number of fused-ring (bicyclic) bond motifs is 1. The number of piperidine rings is 1. The molecular formula is C19H18BrNO2. The van der Waals surface area contributed by atoms with Crippen molar-refractivity contribution in [2.75, 3.05) is 6.61 Å². The highest BCUT2D eigenvalue weighted by Crippen LogP contribution is 2.43. The van der Waals surface area contributed by atoms with Gasteiger partial charge in [-0.05, 0) is 29.7 Å². The van der Waals surface area contributed by atoms with Crippen LogP contribution in [0.1, 0.15) is 35.9 Å². The maximum Gasteiger partial charge on any atom is 0.225 e. The third-order valence-electron chi connectivity index (χ3n) is 4.82. The Morgan fingerprint density at radius 2 is 1.74 bits per heavy atom. The van der Waals surface area contributed by atoms with Crippen molar-refractivity contribution in [3.8, 4) is 0 Å². The van der Waals surface area contributed by atoms with Gasteiger partial charge in [-0.1, -0.05) is 58.4 Å². The van der Waals surface area contributed by atoms with E-state index in [9.17, 15) is 4.79 Å². The molecule has 2 heterocycles. The molecule has 0 bridgehead atoms. The highest BCUT2D eigenvalue weighted by atomic mass is 79.9. The highest BCUT2D eigenvalue weighted by Gasteiger charge is 2.46.